The van der Waals surface area contributed by atoms with Crippen LogP contribution in [0.3, 0.4) is 0 Å². The Morgan fingerprint density at radius 3 is 2.67 bits per heavy atom. The molecule has 24 heavy (non-hydrogen) atoms. The van der Waals surface area contributed by atoms with E-state index in [9.17, 15) is 18.0 Å². The van der Waals surface area contributed by atoms with Crippen molar-refractivity contribution >= 4 is 11.4 Å². The fourth-order valence-corrected chi connectivity index (χ4v) is 2.66. The normalized spacial score (nSPS) is 18.2. The molecule has 2 aromatic rings. The van der Waals surface area contributed by atoms with Crippen LogP contribution in [0.4, 0.5) is 13.2 Å². The molecule has 4 nitrogen and oxygen atoms in total. The number of carbonyl (C=O) groups excluding carboxylic acids is 1. The predicted molar refractivity (Wildman–Crippen MR) is 81.5 cm³/mol. The Morgan fingerprint density at radius 2 is 2.04 bits per heavy atom. The first-order valence-corrected chi connectivity index (χ1v) is 7.35. The summed E-state index contributed by atoms with van der Waals surface area (Å²) in [6.45, 7) is 2.67. The number of Topliss-reactive ketones (excluding diaryl/α,β-unsaturated/α-hetero) is 1. The number of benzene rings is 1. The van der Waals surface area contributed by atoms with E-state index in [1.165, 1.54) is 12.1 Å². The van der Waals surface area contributed by atoms with E-state index in [0.717, 1.165) is 18.7 Å². The van der Waals surface area contributed by atoms with E-state index in [4.69, 9.17) is 10.5 Å². The number of nitrogens with zero attached hydrogens (tertiary/aromatic N) is 1. The molecule has 0 saturated heterocycles. The van der Waals surface area contributed by atoms with Crippen molar-refractivity contribution < 1.29 is 22.7 Å². The SMILES string of the molecule is CCn1ccc(C2OC(N)=C(c3cccc(C(F)(F)F)c3)C2=O)c1. The number of nitrogens with two attached hydrogens (primary N) is 1. The molecule has 1 aromatic carbocycles. The number of ether oxygens (including phenoxy) is 1. The molecule has 0 aliphatic carbocycles. The number of rotatable bonds is 3. The highest BCUT2D eigenvalue weighted by Gasteiger charge is 2.38. The van der Waals surface area contributed by atoms with Gasteiger partial charge in [0.05, 0.1) is 11.1 Å². The van der Waals surface area contributed by atoms with Gasteiger partial charge in [0.15, 0.2) is 12.0 Å². The van der Waals surface area contributed by atoms with Crippen molar-refractivity contribution in [3.63, 3.8) is 0 Å². The fraction of sp³-hybridized carbons (Fsp3) is 0.235. The Bertz CT molecular complexity index is 821. The molecule has 126 valence electrons. The zero-order chi connectivity index (χ0) is 17.5. The van der Waals surface area contributed by atoms with Gasteiger partial charge in [0, 0.05) is 24.5 Å². The summed E-state index contributed by atoms with van der Waals surface area (Å²) in [6, 6.07) is 6.24. The second-order valence-electron chi connectivity index (χ2n) is 5.46. The third-order valence-corrected chi connectivity index (χ3v) is 3.90. The molecule has 0 amide bonds. The van der Waals surface area contributed by atoms with Gasteiger partial charge in [-0.2, -0.15) is 13.2 Å². The first kappa shape index (κ1) is 16.2. The molecule has 0 fully saturated rings. The average molecular weight is 336 g/mol. The summed E-state index contributed by atoms with van der Waals surface area (Å²) in [4.78, 5) is 12.6. The molecule has 0 bridgehead atoms. The van der Waals surface area contributed by atoms with Gasteiger partial charge in [-0.25, -0.2) is 0 Å². The molecule has 0 saturated carbocycles. The first-order valence-electron chi connectivity index (χ1n) is 7.35. The Hall–Kier alpha value is -2.70. The number of alkyl halides is 3. The monoisotopic (exact) mass is 336 g/mol. The molecule has 0 spiro atoms. The van der Waals surface area contributed by atoms with Crippen LogP contribution in [0.5, 0.6) is 0 Å². The summed E-state index contributed by atoms with van der Waals surface area (Å²) in [5.74, 6) is -0.603. The van der Waals surface area contributed by atoms with Gasteiger partial charge in [-0.05, 0) is 30.7 Å². The maximum atomic E-state index is 12.9. The highest BCUT2D eigenvalue weighted by atomic mass is 19.4. The minimum atomic E-state index is -4.49. The third-order valence-electron chi connectivity index (χ3n) is 3.90. The van der Waals surface area contributed by atoms with Crippen LogP contribution in [-0.2, 0) is 22.3 Å². The zero-order valence-electron chi connectivity index (χ0n) is 12.8. The van der Waals surface area contributed by atoms with Gasteiger partial charge >= 0.3 is 6.18 Å². The minimum absolute atomic E-state index is 0.0182. The molecule has 2 heterocycles. The molecule has 1 aromatic heterocycles. The van der Waals surface area contributed by atoms with E-state index in [-0.39, 0.29) is 17.0 Å². The minimum Gasteiger partial charge on any atom is -0.462 e. The highest BCUT2D eigenvalue weighted by molar-refractivity contribution is 6.25. The summed E-state index contributed by atoms with van der Waals surface area (Å²) in [5.41, 5.74) is 5.64. The van der Waals surface area contributed by atoms with Crippen LogP contribution in [0, 0.1) is 0 Å². The zero-order valence-corrected chi connectivity index (χ0v) is 12.8. The maximum absolute atomic E-state index is 12.9. The lowest BCUT2D eigenvalue weighted by molar-refractivity contribution is -0.137. The molecule has 2 N–H and O–H groups in total. The average Bonchev–Trinajstić information content (AvgIpc) is 3.11. The number of aryl methyl sites for hydroxylation is 1. The smallest absolute Gasteiger partial charge is 0.416 e. The summed E-state index contributed by atoms with van der Waals surface area (Å²) >= 11 is 0. The van der Waals surface area contributed by atoms with E-state index >= 15 is 0 Å². The molecule has 7 heteroatoms. The van der Waals surface area contributed by atoms with Gasteiger partial charge < -0.3 is 15.0 Å². The van der Waals surface area contributed by atoms with Crippen molar-refractivity contribution in [1.82, 2.24) is 4.57 Å². The quantitative estimate of drug-likeness (QED) is 0.933. The van der Waals surface area contributed by atoms with E-state index in [1.807, 2.05) is 11.5 Å². The van der Waals surface area contributed by atoms with E-state index in [2.05, 4.69) is 0 Å². The number of halogens is 3. The Morgan fingerprint density at radius 1 is 1.29 bits per heavy atom. The summed E-state index contributed by atoms with van der Waals surface area (Å²) in [7, 11) is 0. The van der Waals surface area contributed by atoms with Crippen LogP contribution in [0.15, 0.2) is 48.6 Å². The summed E-state index contributed by atoms with van der Waals surface area (Å²) < 4.78 is 45.9. The van der Waals surface area contributed by atoms with Crippen molar-refractivity contribution in [1.29, 1.82) is 0 Å². The van der Waals surface area contributed by atoms with Gasteiger partial charge in [-0.15, -0.1) is 0 Å². The molecule has 0 radical (unpaired) electrons. The standard InChI is InChI=1S/C17H15F3N2O2/c1-2-22-7-6-11(9-22)15-14(23)13(16(21)24-15)10-4-3-5-12(8-10)17(18,19)20/h3-9,15H,2,21H2,1H3. The summed E-state index contributed by atoms with van der Waals surface area (Å²) in [5, 5.41) is 0. The van der Waals surface area contributed by atoms with E-state index in [1.54, 1.807) is 18.5 Å². The molecule has 1 aliphatic heterocycles. The predicted octanol–water partition coefficient (Wildman–Crippen LogP) is 3.49. The van der Waals surface area contributed by atoms with Crippen LogP contribution in [0.1, 0.15) is 29.7 Å². The number of hydrogen-bond donors (Lipinski definition) is 1. The third kappa shape index (κ3) is 2.77. The van der Waals surface area contributed by atoms with Gasteiger partial charge in [-0.1, -0.05) is 12.1 Å². The molecule has 1 aliphatic rings. The highest BCUT2D eigenvalue weighted by Crippen LogP contribution is 2.38. The lowest BCUT2D eigenvalue weighted by Gasteiger charge is -2.09. The largest absolute Gasteiger partial charge is 0.462 e. The Kier molecular flexibility index (Phi) is 3.87. The van der Waals surface area contributed by atoms with E-state index < -0.39 is 23.6 Å². The van der Waals surface area contributed by atoms with Gasteiger partial charge in [-0.3, -0.25) is 4.79 Å². The molecular weight excluding hydrogens is 321 g/mol. The van der Waals surface area contributed by atoms with Crippen LogP contribution in [-0.4, -0.2) is 10.4 Å². The van der Waals surface area contributed by atoms with Crippen LogP contribution in [0.25, 0.3) is 5.57 Å². The molecule has 1 atom stereocenters. The lowest BCUT2D eigenvalue weighted by atomic mass is 9.97. The van der Waals surface area contributed by atoms with Gasteiger partial charge in [0.25, 0.3) is 0 Å². The number of hydrogen-bond acceptors (Lipinski definition) is 3. The number of ketones is 1. The van der Waals surface area contributed by atoms with Gasteiger partial charge in [0.1, 0.15) is 0 Å². The number of carbonyl (C=O) groups is 1. The topological polar surface area (TPSA) is 57.2 Å². The van der Waals surface area contributed by atoms with Crippen molar-refractivity contribution in [3.8, 4) is 0 Å². The van der Waals surface area contributed by atoms with Crippen molar-refractivity contribution in [2.75, 3.05) is 0 Å². The second-order valence-corrected chi connectivity index (χ2v) is 5.46. The lowest BCUT2D eigenvalue weighted by Crippen LogP contribution is -2.10. The maximum Gasteiger partial charge on any atom is 0.416 e. The summed E-state index contributed by atoms with van der Waals surface area (Å²) in [6.07, 6.45) is -1.87. The van der Waals surface area contributed by atoms with Crippen molar-refractivity contribution in [2.45, 2.75) is 25.7 Å². The van der Waals surface area contributed by atoms with Crippen LogP contribution < -0.4 is 5.73 Å². The molecule has 3 rings (SSSR count). The Balaban J connectivity index is 1.94. The van der Waals surface area contributed by atoms with Crippen molar-refractivity contribution in [2.24, 2.45) is 5.73 Å². The number of aromatic nitrogens is 1. The Labute approximate surface area is 136 Å². The van der Waals surface area contributed by atoms with E-state index in [0.29, 0.717) is 5.56 Å². The van der Waals surface area contributed by atoms with Crippen LogP contribution >= 0.6 is 0 Å². The van der Waals surface area contributed by atoms with Crippen LogP contribution in [0.2, 0.25) is 0 Å². The molecule has 1 unspecified atom stereocenters. The first-order chi connectivity index (χ1) is 11.3. The molecular formula is C17H15F3N2O2. The fourth-order valence-electron chi connectivity index (χ4n) is 2.66. The van der Waals surface area contributed by atoms with Crippen molar-refractivity contribution in [3.05, 3.63) is 65.3 Å². The van der Waals surface area contributed by atoms with Gasteiger partial charge in [0.2, 0.25) is 5.78 Å². The second kappa shape index (κ2) is 5.74.